The highest BCUT2D eigenvalue weighted by molar-refractivity contribution is 9.10. The van der Waals surface area contributed by atoms with Crippen molar-refractivity contribution in [1.29, 1.82) is 0 Å². The first kappa shape index (κ1) is 17.6. The molecule has 116 valence electrons. The van der Waals surface area contributed by atoms with Crippen LogP contribution in [-0.2, 0) is 25.5 Å². The van der Waals surface area contributed by atoms with Gasteiger partial charge in [0.15, 0.2) is 5.92 Å². The minimum atomic E-state index is -0.981. The highest BCUT2D eigenvalue weighted by atomic mass is 79.9. The Hall–Kier alpha value is -1.43. The molecule has 5 nitrogen and oxygen atoms in total. The lowest BCUT2D eigenvalue weighted by Crippen LogP contribution is -2.32. The van der Waals surface area contributed by atoms with E-state index in [1.807, 2.05) is 6.07 Å². The highest BCUT2D eigenvalue weighted by Gasteiger charge is 2.31. The molecule has 0 aromatic carbocycles. The van der Waals surface area contributed by atoms with Crippen LogP contribution in [-0.4, -0.2) is 29.1 Å². The number of carbonyl (C=O) groups is 2. The monoisotopic (exact) mass is 357 g/mol. The van der Waals surface area contributed by atoms with E-state index in [0.717, 1.165) is 10.0 Å². The zero-order chi connectivity index (χ0) is 16.0. The van der Waals surface area contributed by atoms with Gasteiger partial charge in [-0.05, 0) is 61.7 Å². The quantitative estimate of drug-likeness (QED) is 0.578. The van der Waals surface area contributed by atoms with Gasteiger partial charge in [0.05, 0.1) is 12.2 Å². The molecule has 0 spiro atoms. The van der Waals surface area contributed by atoms with Crippen molar-refractivity contribution in [2.45, 2.75) is 46.3 Å². The van der Waals surface area contributed by atoms with Gasteiger partial charge in [0, 0.05) is 16.9 Å². The second kappa shape index (κ2) is 8.12. The summed E-state index contributed by atoms with van der Waals surface area (Å²) < 4.78 is 11.1. The number of carbonyl (C=O) groups excluding carboxylic acids is 2. The van der Waals surface area contributed by atoms with Crippen molar-refractivity contribution in [3.8, 4) is 0 Å². The average molecular weight is 358 g/mol. The van der Waals surface area contributed by atoms with Gasteiger partial charge >= 0.3 is 11.9 Å². The normalized spacial score (nSPS) is 11.0. The molecule has 1 heterocycles. The maximum Gasteiger partial charge on any atom is 0.320 e. The van der Waals surface area contributed by atoms with Gasteiger partial charge in [-0.15, -0.1) is 0 Å². The molecule has 0 bridgehead atoms. The summed E-state index contributed by atoms with van der Waals surface area (Å²) in [6, 6.07) is 1.81. The number of halogens is 1. The molecule has 0 atom stereocenters. The molecule has 0 unspecified atom stereocenters. The summed E-state index contributed by atoms with van der Waals surface area (Å²) in [5, 5.41) is 0. The van der Waals surface area contributed by atoms with Crippen molar-refractivity contribution in [2.75, 3.05) is 0 Å². The predicted octanol–water partition coefficient (Wildman–Crippen LogP) is 2.91. The molecule has 0 amide bonds. The van der Waals surface area contributed by atoms with Crippen LogP contribution >= 0.6 is 15.9 Å². The minimum absolute atomic E-state index is 0.198. The summed E-state index contributed by atoms with van der Waals surface area (Å²) in [7, 11) is 0. The third-order valence-electron chi connectivity index (χ3n) is 2.47. The lowest BCUT2D eigenvalue weighted by atomic mass is 10.0. The van der Waals surface area contributed by atoms with Crippen molar-refractivity contribution in [3.05, 3.63) is 28.5 Å². The Morgan fingerprint density at radius 2 is 1.62 bits per heavy atom. The molecule has 0 aliphatic carbocycles. The van der Waals surface area contributed by atoms with Crippen molar-refractivity contribution >= 4 is 27.9 Å². The number of aromatic nitrogens is 1. The van der Waals surface area contributed by atoms with Crippen LogP contribution in [0.5, 0.6) is 0 Å². The number of ether oxygens (including phenoxy) is 2. The SMILES string of the molecule is CC(C)OC(=O)C(Cc1cncc(Br)c1)C(=O)OC(C)C. The second-order valence-corrected chi connectivity index (χ2v) is 6.16. The topological polar surface area (TPSA) is 65.5 Å². The van der Waals surface area contributed by atoms with Crippen LogP contribution in [0.25, 0.3) is 0 Å². The van der Waals surface area contributed by atoms with E-state index in [9.17, 15) is 9.59 Å². The first-order chi connectivity index (χ1) is 9.79. The number of rotatable bonds is 6. The largest absolute Gasteiger partial charge is 0.462 e. The van der Waals surface area contributed by atoms with Gasteiger partial charge in [0.1, 0.15) is 0 Å². The molecule has 1 aromatic heterocycles. The van der Waals surface area contributed by atoms with Crippen LogP contribution in [0.4, 0.5) is 0 Å². The van der Waals surface area contributed by atoms with Gasteiger partial charge < -0.3 is 9.47 Å². The fourth-order valence-corrected chi connectivity index (χ4v) is 2.11. The van der Waals surface area contributed by atoms with Crippen LogP contribution in [0, 0.1) is 5.92 Å². The first-order valence-electron chi connectivity index (χ1n) is 6.80. The molecule has 0 saturated carbocycles. The maximum atomic E-state index is 12.1. The molecule has 1 aromatic rings. The van der Waals surface area contributed by atoms with Crippen LogP contribution in [0.3, 0.4) is 0 Å². The third kappa shape index (κ3) is 6.25. The molecule has 0 radical (unpaired) electrons. The maximum absolute atomic E-state index is 12.1. The Labute approximate surface area is 133 Å². The lowest BCUT2D eigenvalue weighted by Gasteiger charge is -2.18. The van der Waals surface area contributed by atoms with E-state index in [1.54, 1.807) is 40.1 Å². The average Bonchev–Trinajstić information content (AvgIpc) is 2.34. The Balaban J connectivity index is 2.90. The molecule has 21 heavy (non-hydrogen) atoms. The van der Waals surface area contributed by atoms with Crippen molar-refractivity contribution in [1.82, 2.24) is 4.98 Å². The van der Waals surface area contributed by atoms with Crippen LogP contribution < -0.4 is 0 Å². The summed E-state index contributed by atoms with van der Waals surface area (Å²) in [6.45, 7) is 6.96. The molecular formula is C15H20BrNO4. The first-order valence-corrected chi connectivity index (χ1v) is 7.59. The van der Waals surface area contributed by atoms with Gasteiger partial charge in [0.25, 0.3) is 0 Å². The number of nitrogens with zero attached hydrogens (tertiary/aromatic N) is 1. The summed E-state index contributed by atoms with van der Waals surface area (Å²) in [5.41, 5.74) is 0.760. The molecule has 0 aliphatic rings. The Kier molecular flexibility index (Phi) is 6.81. The molecule has 0 fully saturated rings. The fraction of sp³-hybridized carbons (Fsp3) is 0.533. The van der Waals surface area contributed by atoms with Gasteiger partial charge in [0.2, 0.25) is 0 Å². The van der Waals surface area contributed by atoms with E-state index in [0.29, 0.717) is 0 Å². The van der Waals surface area contributed by atoms with Gasteiger partial charge in [-0.3, -0.25) is 14.6 Å². The minimum Gasteiger partial charge on any atom is -0.462 e. The van der Waals surface area contributed by atoms with E-state index in [4.69, 9.17) is 9.47 Å². The van der Waals surface area contributed by atoms with Crippen LogP contribution in [0.1, 0.15) is 33.3 Å². The standard InChI is InChI=1S/C15H20BrNO4/c1-9(2)20-14(18)13(15(19)21-10(3)4)6-11-5-12(16)8-17-7-11/h5,7-10,13H,6H2,1-4H3. The van der Waals surface area contributed by atoms with E-state index < -0.39 is 17.9 Å². The Morgan fingerprint density at radius 1 is 1.10 bits per heavy atom. The third-order valence-corrected chi connectivity index (χ3v) is 2.91. The fourth-order valence-electron chi connectivity index (χ4n) is 1.69. The molecule has 6 heteroatoms. The Bertz CT molecular complexity index is 480. The highest BCUT2D eigenvalue weighted by Crippen LogP contribution is 2.17. The van der Waals surface area contributed by atoms with Crippen molar-refractivity contribution in [2.24, 2.45) is 5.92 Å². The molecule has 0 aliphatic heterocycles. The van der Waals surface area contributed by atoms with Gasteiger partial charge in [-0.1, -0.05) is 0 Å². The molecule has 0 N–H and O–H groups in total. The van der Waals surface area contributed by atoms with E-state index in [2.05, 4.69) is 20.9 Å². The summed E-state index contributed by atoms with van der Waals surface area (Å²) in [6.07, 6.45) is 2.88. The van der Waals surface area contributed by atoms with Gasteiger partial charge in [-0.2, -0.15) is 0 Å². The van der Waals surface area contributed by atoms with E-state index in [1.165, 1.54) is 0 Å². The Morgan fingerprint density at radius 3 is 2.05 bits per heavy atom. The van der Waals surface area contributed by atoms with E-state index >= 15 is 0 Å². The zero-order valence-electron chi connectivity index (χ0n) is 12.6. The molecule has 1 rings (SSSR count). The van der Waals surface area contributed by atoms with Crippen LogP contribution in [0.15, 0.2) is 22.9 Å². The number of hydrogen-bond acceptors (Lipinski definition) is 5. The summed E-state index contributed by atoms with van der Waals surface area (Å²) in [4.78, 5) is 28.2. The number of esters is 2. The number of pyridine rings is 1. The van der Waals surface area contributed by atoms with Crippen LogP contribution in [0.2, 0.25) is 0 Å². The summed E-state index contributed by atoms with van der Waals surface area (Å²) in [5.74, 6) is -2.13. The zero-order valence-corrected chi connectivity index (χ0v) is 14.2. The molecule has 0 saturated heterocycles. The smallest absolute Gasteiger partial charge is 0.320 e. The van der Waals surface area contributed by atoms with Crippen molar-refractivity contribution < 1.29 is 19.1 Å². The van der Waals surface area contributed by atoms with Crippen molar-refractivity contribution in [3.63, 3.8) is 0 Å². The van der Waals surface area contributed by atoms with Gasteiger partial charge in [-0.25, -0.2) is 0 Å². The molecular weight excluding hydrogens is 338 g/mol. The van der Waals surface area contributed by atoms with E-state index in [-0.39, 0.29) is 18.6 Å². The summed E-state index contributed by atoms with van der Waals surface area (Å²) >= 11 is 3.31. The predicted molar refractivity (Wildman–Crippen MR) is 81.6 cm³/mol. The lowest BCUT2D eigenvalue weighted by molar-refractivity contribution is -0.166. The second-order valence-electron chi connectivity index (χ2n) is 5.24. The number of hydrogen-bond donors (Lipinski definition) is 0.